The second-order valence-corrected chi connectivity index (χ2v) is 9.29. The molecule has 1 aliphatic heterocycles. The number of aryl methyl sites for hydroxylation is 1. The number of nitrogens with one attached hydrogen (secondary N) is 2. The highest BCUT2D eigenvalue weighted by Gasteiger charge is 2.33. The van der Waals surface area contributed by atoms with E-state index in [0.717, 1.165) is 30.3 Å². The fourth-order valence-electron chi connectivity index (χ4n) is 4.23. The number of rotatable bonds is 5. The van der Waals surface area contributed by atoms with Crippen molar-refractivity contribution in [3.8, 4) is 11.5 Å². The number of carbonyl (C=O) groups excluding carboxylic acids is 1. The number of aromatic amines is 1. The van der Waals surface area contributed by atoms with Crippen LogP contribution in [0.5, 0.6) is 11.5 Å². The van der Waals surface area contributed by atoms with Gasteiger partial charge < -0.3 is 25.7 Å². The monoisotopic (exact) mass is 451 g/mol. The number of amides is 1. The van der Waals surface area contributed by atoms with Gasteiger partial charge in [-0.1, -0.05) is 6.07 Å². The normalized spacial score (nSPS) is 18.9. The van der Waals surface area contributed by atoms with Gasteiger partial charge in [-0.15, -0.1) is 0 Å². The van der Waals surface area contributed by atoms with Crippen LogP contribution in [-0.2, 0) is 4.79 Å². The van der Waals surface area contributed by atoms with Crippen LogP contribution in [0, 0.1) is 12.7 Å². The lowest BCUT2D eigenvalue weighted by molar-refractivity contribution is -0.118. The Bertz CT molecular complexity index is 1220. The third kappa shape index (κ3) is 4.85. The second kappa shape index (κ2) is 8.86. The van der Waals surface area contributed by atoms with Crippen molar-refractivity contribution in [2.45, 2.75) is 45.2 Å². The summed E-state index contributed by atoms with van der Waals surface area (Å²) in [6.07, 6.45) is 6.61. The molecule has 1 fully saturated rings. The molecule has 1 aliphatic rings. The molecule has 0 radical (unpaired) electrons. The number of H-pyrrole nitrogens is 1. The Balaban J connectivity index is 1.46. The molecule has 1 amide bonds. The van der Waals surface area contributed by atoms with Crippen LogP contribution in [0.4, 0.5) is 4.39 Å². The fourth-order valence-corrected chi connectivity index (χ4v) is 4.23. The molecule has 7 nitrogen and oxygen atoms in total. The predicted molar refractivity (Wildman–Crippen MR) is 127 cm³/mol. The van der Waals surface area contributed by atoms with Crippen molar-refractivity contribution in [3.05, 3.63) is 59.3 Å². The molecule has 1 aromatic carbocycles. The quantitative estimate of drug-likeness (QED) is 0.508. The third-order valence-electron chi connectivity index (χ3n) is 6.42. The van der Waals surface area contributed by atoms with Gasteiger partial charge in [0.15, 0.2) is 11.6 Å². The number of fused-ring (bicyclic) bond motifs is 1. The Morgan fingerprint density at radius 1 is 1.36 bits per heavy atom. The van der Waals surface area contributed by atoms with Crippen LogP contribution in [0.25, 0.3) is 17.1 Å². The number of nitrogens with two attached hydrogens (primary N) is 1. The summed E-state index contributed by atoms with van der Waals surface area (Å²) in [6, 6.07) is 6.25. The van der Waals surface area contributed by atoms with Crippen LogP contribution in [0.2, 0.25) is 0 Å². The van der Waals surface area contributed by atoms with E-state index in [2.05, 4.69) is 41.1 Å². The second-order valence-electron chi connectivity index (χ2n) is 9.29. The van der Waals surface area contributed by atoms with Crippen molar-refractivity contribution in [1.29, 1.82) is 0 Å². The highest BCUT2D eigenvalue weighted by molar-refractivity contribution is 5.97. The highest BCUT2D eigenvalue weighted by Crippen LogP contribution is 2.32. The number of halogens is 1. The van der Waals surface area contributed by atoms with Gasteiger partial charge in [0, 0.05) is 30.5 Å². The summed E-state index contributed by atoms with van der Waals surface area (Å²) in [5.41, 5.74) is 8.18. The number of benzene rings is 1. The van der Waals surface area contributed by atoms with Crippen LogP contribution >= 0.6 is 0 Å². The van der Waals surface area contributed by atoms with Crippen LogP contribution in [0.15, 0.2) is 42.4 Å². The van der Waals surface area contributed by atoms with E-state index in [1.165, 1.54) is 18.2 Å². The number of likely N-dealkylation sites (tertiary alicyclic amines) is 1. The van der Waals surface area contributed by atoms with Gasteiger partial charge in [0.2, 0.25) is 0 Å². The molecule has 0 saturated carbocycles. The molecule has 1 saturated heterocycles. The summed E-state index contributed by atoms with van der Waals surface area (Å²) in [5, 5.41) is 3.81. The molecule has 0 bridgehead atoms. The van der Waals surface area contributed by atoms with Crippen molar-refractivity contribution >= 4 is 23.0 Å². The van der Waals surface area contributed by atoms with Gasteiger partial charge in [-0.05, 0) is 76.1 Å². The van der Waals surface area contributed by atoms with Crippen molar-refractivity contribution in [3.63, 3.8) is 0 Å². The molecule has 1 atom stereocenters. The summed E-state index contributed by atoms with van der Waals surface area (Å²) >= 11 is 0. The molecule has 33 heavy (non-hydrogen) atoms. The van der Waals surface area contributed by atoms with E-state index in [1.807, 2.05) is 13.1 Å². The van der Waals surface area contributed by atoms with E-state index in [4.69, 9.17) is 10.5 Å². The SMILES string of the molecule is Cc1c[nH]c2nccc(Oc3ccc(C=C(N)C(=O)NC4CCN(C)C(C)(C)C4)cc3F)c12. The van der Waals surface area contributed by atoms with Gasteiger partial charge in [0.1, 0.15) is 11.4 Å². The van der Waals surface area contributed by atoms with Gasteiger partial charge >= 0.3 is 0 Å². The largest absolute Gasteiger partial charge is 0.453 e. The third-order valence-corrected chi connectivity index (χ3v) is 6.42. The maximum atomic E-state index is 14.8. The molecule has 8 heteroatoms. The van der Waals surface area contributed by atoms with E-state index >= 15 is 0 Å². The summed E-state index contributed by atoms with van der Waals surface area (Å²) in [7, 11) is 2.09. The molecule has 174 valence electrons. The van der Waals surface area contributed by atoms with E-state index in [-0.39, 0.29) is 28.9 Å². The Morgan fingerprint density at radius 3 is 2.88 bits per heavy atom. The minimum Gasteiger partial charge on any atom is -0.453 e. The van der Waals surface area contributed by atoms with Gasteiger partial charge in [-0.25, -0.2) is 9.37 Å². The molecule has 2 aromatic heterocycles. The van der Waals surface area contributed by atoms with E-state index in [0.29, 0.717) is 17.0 Å². The minimum atomic E-state index is -0.549. The van der Waals surface area contributed by atoms with Crippen LogP contribution in [0.3, 0.4) is 0 Å². The molecular weight excluding hydrogens is 421 g/mol. The van der Waals surface area contributed by atoms with E-state index in [9.17, 15) is 9.18 Å². The van der Waals surface area contributed by atoms with Crippen molar-refractivity contribution in [2.75, 3.05) is 13.6 Å². The Labute approximate surface area is 192 Å². The standard InChI is InChI=1S/C25H30FN5O2/c1-15-14-29-23-22(15)21(7-9-28-23)33-20-6-5-16(11-18(20)26)12-19(27)24(32)30-17-8-10-31(4)25(2,3)13-17/h5-7,9,11-12,14,17H,8,10,13,27H2,1-4H3,(H,28,29)(H,30,32). The van der Waals surface area contributed by atoms with Gasteiger partial charge in [-0.2, -0.15) is 0 Å². The first-order valence-electron chi connectivity index (χ1n) is 11.0. The zero-order valence-corrected chi connectivity index (χ0v) is 19.4. The average molecular weight is 452 g/mol. The number of piperidine rings is 1. The topological polar surface area (TPSA) is 96.3 Å². The van der Waals surface area contributed by atoms with Crippen LogP contribution < -0.4 is 15.8 Å². The number of ether oxygens (including phenoxy) is 1. The lowest BCUT2D eigenvalue weighted by Crippen LogP contribution is -2.54. The molecule has 0 spiro atoms. The van der Waals surface area contributed by atoms with Crippen LogP contribution in [0.1, 0.15) is 37.8 Å². The summed E-state index contributed by atoms with van der Waals surface area (Å²) < 4.78 is 20.6. The van der Waals surface area contributed by atoms with E-state index < -0.39 is 5.82 Å². The van der Waals surface area contributed by atoms with Crippen LogP contribution in [-0.4, -0.2) is 45.9 Å². The zero-order valence-electron chi connectivity index (χ0n) is 19.4. The number of hydrogen-bond acceptors (Lipinski definition) is 5. The highest BCUT2D eigenvalue weighted by atomic mass is 19.1. The number of aromatic nitrogens is 2. The lowest BCUT2D eigenvalue weighted by atomic mass is 9.87. The van der Waals surface area contributed by atoms with Crippen molar-refractivity contribution in [2.24, 2.45) is 5.73 Å². The zero-order chi connectivity index (χ0) is 23.8. The smallest absolute Gasteiger partial charge is 0.267 e. The van der Waals surface area contributed by atoms with E-state index in [1.54, 1.807) is 18.3 Å². The first kappa shape index (κ1) is 22.8. The molecule has 3 heterocycles. The van der Waals surface area contributed by atoms with Crippen molar-refractivity contribution < 1.29 is 13.9 Å². The Morgan fingerprint density at radius 2 is 2.15 bits per heavy atom. The maximum absolute atomic E-state index is 14.8. The number of carbonyl (C=O) groups is 1. The molecular formula is C25H30FN5O2. The lowest BCUT2D eigenvalue weighted by Gasteiger charge is -2.43. The number of nitrogens with zero attached hydrogens (tertiary/aromatic N) is 2. The van der Waals surface area contributed by atoms with Crippen molar-refractivity contribution in [1.82, 2.24) is 20.2 Å². The predicted octanol–water partition coefficient (Wildman–Crippen LogP) is 4.09. The molecule has 3 aromatic rings. The van der Waals surface area contributed by atoms with Gasteiger partial charge in [0.05, 0.1) is 11.1 Å². The fraction of sp³-hybridized carbons (Fsp3) is 0.360. The first-order chi connectivity index (χ1) is 15.6. The Hall–Kier alpha value is -3.39. The number of hydrogen-bond donors (Lipinski definition) is 3. The van der Waals surface area contributed by atoms with Gasteiger partial charge in [0.25, 0.3) is 5.91 Å². The molecule has 4 rings (SSSR count). The first-order valence-corrected chi connectivity index (χ1v) is 11.0. The minimum absolute atomic E-state index is 0.00691. The Kier molecular flexibility index (Phi) is 6.12. The number of pyridine rings is 1. The molecule has 1 unspecified atom stereocenters. The summed E-state index contributed by atoms with van der Waals surface area (Å²) in [5.74, 6) is -0.298. The summed E-state index contributed by atoms with van der Waals surface area (Å²) in [4.78, 5) is 22.2. The maximum Gasteiger partial charge on any atom is 0.267 e. The average Bonchev–Trinajstić information content (AvgIpc) is 3.14. The molecule has 0 aliphatic carbocycles. The summed E-state index contributed by atoms with van der Waals surface area (Å²) in [6.45, 7) is 7.15. The van der Waals surface area contributed by atoms with Gasteiger partial charge in [-0.3, -0.25) is 4.79 Å². The molecule has 4 N–H and O–H groups in total.